The van der Waals surface area contributed by atoms with Gasteiger partial charge in [0.15, 0.2) is 0 Å². The topological polar surface area (TPSA) is 134 Å². The number of aliphatic carboxylic acids is 2. The molecule has 0 saturated heterocycles. The van der Waals surface area contributed by atoms with Gasteiger partial charge >= 0.3 is 18.0 Å². The fraction of sp³-hybridized carbons (Fsp3) is 0.333. The number of aryl methyl sites for hydroxylation is 1. The van der Waals surface area contributed by atoms with Crippen LogP contribution in [0.1, 0.15) is 6.42 Å². The molecule has 2 amide bonds. The molecule has 0 aromatic carbocycles. The normalized spacial score (nSPS) is 11.6. The maximum atomic E-state index is 11.4. The Morgan fingerprint density at radius 2 is 2.11 bits per heavy atom. The molecule has 1 rings (SSSR count). The number of hydrogen-bond acceptors (Lipinski definition) is 4. The number of carboxylic acid groups (broad SMARTS) is 2. The monoisotopic (exact) mass is 256 g/mol. The van der Waals surface area contributed by atoms with E-state index in [0.717, 1.165) is 0 Å². The van der Waals surface area contributed by atoms with Gasteiger partial charge in [-0.05, 0) is 0 Å². The van der Waals surface area contributed by atoms with Crippen molar-refractivity contribution < 1.29 is 24.6 Å². The highest BCUT2D eigenvalue weighted by molar-refractivity contribution is 5.93. The second-order valence-electron chi connectivity index (χ2n) is 3.49. The molecule has 0 radical (unpaired) electrons. The largest absolute Gasteiger partial charge is 0.481 e. The third-order valence-corrected chi connectivity index (χ3v) is 1.94. The molecule has 0 aliphatic carbocycles. The van der Waals surface area contributed by atoms with Crippen LogP contribution in [0.4, 0.5) is 10.5 Å². The van der Waals surface area contributed by atoms with Crippen molar-refractivity contribution in [2.24, 2.45) is 7.05 Å². The van der Waals surface area contributed by atoms with Crippen LogP contribution in [-0.2, 0) is 16.6 Å². The highest BCUT2D eigenvalue weighted by Gasteiger charge is 2.23. The van der Waals surface area contributed by atoms with Crippen molar-refractivity contribution in [1.82, 2.24) is 15.1 Å². The fourth-order valence-electron chi connectivity index (χ4n) is 1.19. The molecule has 0 fully saturated rings. The van der Waals surface area contributed by atoms with Crippen LogP contribution in [0, 0.1) is 0 Å². The lowest BCUT2D eigenvalue weighted by Crippen LogP contribution is -2.44. The lowest BCUT2D eigenvalue weighted by molar-refractivity contribution is -0.145. The number of amides is 2. The summed E-state index contributed by atoms with van der Waals surface area (Å²) in [4.78, 5) is 32.5. The van der Waals surface area contributed by atoms with Gasteiger partial charge < -0.3 is 20.8 Å². The number of nitrogens with zero attached hydrogens (tertiary/aromatic N) is 2. The zero-order chi connectivity index (χ0) is 13.7. The van der Waals surface area contributed by atoms with E-state index in [0.29, 0.717) is 5.69 Å². The number of carbonyl (C=O) groups is 3. The van der Waals surface area contributed by atoms with Crippen molar-refractivity contribution in [1.29, 1.82) is 0 Å². The highest BCUT2D eigenvalue weighted by Crippen LogP contribution is 2.03. The molecule has 1 aromatic heterocycles. The van der Waals surface area contributed by atoms with Crippen molar-refractivity contribution in [2.75, 3.05) is 5.32 Å². The summed E-state index contributed by atoms with van der Waals surface area (Å²) < 4.78 is 1.45. The molecule has 0 saturated carbocycles. The molecule has 0 spiro atoms. The molecule has 0 aliphatic rings. The molecule has 9 nitrogen and oxygen atoms in total. The fourth-order valence-corrected chi connectivity index (χ4v) is 1.19. The molecule has 9 heteroatoms. The summed E-state index contributed by atoms with van der Waals surface area (Å²) in [6.07, 6.45) is 2.18. The molecular weight excluding hydrogens is 244 g/mol. The number of anilines is 1. The minimum absolute atomic E-state index is 0.370. The van der Waals surface area contributed by atoms with E-state index in [-0.39, 0.29) is 0 Å². The van der Waals surface area contributed by atoms with Gasteiger partial charge in [-0.15, -0.1) is 0 Å². The van der Waals surface area contributed by atoms with Crippen LogP contribution in [0.3, 0.4) is 0 Å². The number of carbonyl (C=O) groups excluding carboxylic acids is 1. The van der Waals surface area contributed by atoms with Crippen molar-refractivity contribution >= 4 is 23.7 Å². The van der Waals surface area contributed by atoms with E-state index >= 15 is 0 Å². The first-order valence-electron chi connectivity index (χ1n) is 4.89. The van der Waals surface area contributed by atoms with Gasteiger partial charge in [-0.2, -0.15) is 5.10 Å². The number of aromatic nitrogens is 2. The lowest BCUT2D eigenvalue weighted by Gasteiger charge is -2.12. The maximum Gasteiger partial charge on any atom is 0.326 e. The summed E-state index contributed by atoms with van der Waals surface area (Å²) in [7, 11) is 1.65. The van der Waals surface area contributed by atoms with E-state index in [1.54, 1.807) is 7.05 Å². The van der Waals surface area contributed by atoms with Crippen molar-refractivity contribution in [3.63, 3.8) is 0 Å². The molecule has 18 heavy (non-hydrogen) atoms. The molecule has 0 unspecified atom stereocenters. The minimum Gasteiger partial charge on any atom is -0.481 e. The Morgan fingerprint density at radius 3 is 2.56 bits per heavy atom. The van der Waals surface area contributed by atoms with Gasteiger partial charge in [0.1, 0.15) is 6.04 Å². The number of hydrogen-bond donors (Lipinski definition) is 4. The Morgan fingerprint density at radius 1 is 1.44 bits per heavy atom. The number of urea groups is 1. The first-order chi connectivity index (χ1) is 8.38. The van der Waals surface area contributed by atoms with Crippen molar-refractivity contribution in [3.8, 4) is 0 Å². The van der Waals surface area contributed by atoms with E-state index < -0.39 is 30.4 Å². The number of nitrogens with one attached hydrogen (secondary N) is 2. The third kappa shape index (κ3) is 4.12. The average Bonchev–Trinajstić information content (AvgIpc) is 2.62. The second kappa shape index (κ2) is 5.66. The Hall–Kier alpha value is -2.58. The Kier molecular flexibility index (Phi) is 4.24. The zero-order valence-corrected chi connectivity index (χ0v) is 9.45. The van der Waals surface area contributed by atoms with Crippen LogP contribution in [0.5, 0.6) is 0 Å². The Labute approximate surface area is 101 Å². The van der Waals surface area contributed by atoms with Gasteiger partial charge in [0.25, 0.3) is 0 Å². The van der Waals surface area contributed by atoms with E-state index in [1.807, 2.05) is 5.32 Å². The zero-order valence-electron chi connectivity index (χ0n) is 9.45. The molecular formula is C9H12N4O5. The number of carboxylic acids is 2. The molecule has 98 valence electrons. The van der Waals surface area contributed by atoms with E-state index in [9.17, 15) is 14.4 Å². The Bertz CT molecular complexity index is 469. The summed E-state index contributed by atoms with van der Waals surface area (Å²) in [5.41, 5.74) is 0.370. The second-order valence-corrected chi connectivity index (χ2v) is 3.49. The predicted molar refractivity (Wildman–Crippen MR) is 59.0 cm³/mol. The van der Waals surface area contributed by atoms with Gasteiger partial charge in [0.05, 0.1) is 18.3 Å². The van der Waals surface area contributed by atoms with Crippen molar-refractivity contribution in [3.05, 3.63) is 12.4 Å². The molecule has 0 bridgehead atoms. The summed E-state index contributed by atoms with van der Waals surface area (Å²) in [6, 6.07) is -2.30. The first-order valence-corrected chi connectivity index (χ1v) is 4.89. The van der Waals surface area contributed by atoms with E-state index in [4.69, 9.17) is 10.2 Å². The highest BCUT2D eigenvalue weighted by atomic mass is 16.4. The van der Waals surface area contributed by atoms with Gasteiger partial charge in [0, 0.05) is 13.2 Å². The first kappa shape index (κ1) is 13.5. The standard InChI is InChI=1S/C9H12N4O5/c1-13-4-5(3-10-13)11-9(18)12-6(8(16)17)2-7(14)15/h3-4,6H,2H2,1H3,(H,14,15)(H,16,17)(H2,11,12,18)/t6-/m1/s1. The lowest BCUT2D eigenvalue weighted by atomic mass is 10.2. The summed E-state index contributed by atoms with van der Waals surface area (Å²) in [5, 5.41) is 25.4. The summed E-state index contributed by atoms with van der Waals surface area (Å²) >= 11 is 0. The molecule has 1 heterocycles. The number of rotatable bonds is 5. The van der Waals surface area contributed by atoms with Gasteiger partial charge in [-0.25, -0.2) is 9.59 Å². The van der Waals surface area contributed by atoms with Gasteiger partial charge in [-0.1, -0.05) is 0 Å². The van der Waals surface area contributed by atoms with Crippen LogP contribution >= 0.6 is 0 Å². The third-order valence-electron chi connectivity index (χ3n) is 1.94. The van der Waals surface area contributed by atoms with E-state index in [2.05, 4.69) is 10.4 Å². The molecule has 1 aromatic rings. The maximum absolute atomic E-state index is 11.4. The average molecular weight is 256 g/mol. The van der Waals surface area contributed by atoms with Crippen LogP contribution in [0.25, 0.3) is 0 Å². The van der Waals surface area contributed by atoms with Crippen LogP contribution in [0.2, 0.25) is 0 Å². The minimum atomic E-state index is -1.49. The predicted octanol–water partition coefficient (Wildman–Crippen LogP) is -0.530. The molecule has 4 N–H and O–H groups in total. The van der Waals surface area contributed by atoms with Gasteiger partial charge in [0.2, 0.25) is 0 Å². The molecule has 1 atom stereocenters. The summed E-state index contributed by atoms with van der Waals surface area (Å²) in [6.45, 7) is 0. The Balaban J connectivity index is 2.56. The quantitative estimate of drug-likeness (QED) is 0.559. The van der Waals surface area contributed by atoms with Crippen LogP contribution in [-0.4, -0.2) is 44.0 Å². The van der Waals surface area contributed by atoms with E-state index in [1.165, 1.54) is 17.1 Å². The SMILES string of the molecule is Cn1cc(NC(=O)N[C@H](CC(=O)O)C(=O)O)cn1. The van der Waals surface area contributed by atoms with Gasteiger partial charge in [-0.3, -0.25) is 9.48 Å². The van der Waals surface area contributed by atoms with Crippen molar-refractivity contribution in [2.45, 2.75) is 12.5 Å². The molecule has 0 aliphatic heterocycles. The smallest absolute Gasteiger partial charge is 0.326 e. The van der Waals surface area contributed by atoms with Crippen LogP contribution in [0.15, 0.2) is 12.4 Å². The summed E-state index contributed by atoms with van der Waals surface area (Å²) in [5.74, 6) is -2.73. The van der Waals surface area contributed by atoms with Crippen LogP contribution < -0.4 is 10.6 Å².